The fourth-order valence-electron chi connectivity index (χ4n) is 9.60. The standard InChI is InChI=1S/2C9H9ClF2.C9H10ClF.C9H9F3.C9H9F2I.3C9H10F2.C9H10FI.C9H11F.9CH4/c2*1-5(2)6-3-4-7(11)8(10)9(6)12;1-6(2)7-4-3-5-8(10)9(7)11;1-5(2)9-7(11)3-6(10)4-8(9)12;1-5(2)6-3-4-7(10)9(12)8(6)11;1-6(2)8-4-3-7(10)5-9(8)11;1-6(2)7-3-4-8(10)9(11)5-7;1-6(2)7-4-3-5-8(10)9(7)11;1-6(2)7-3-8(10)5-9(11)4-7;1-7(2)8-3-5-9(10)6-4-8;;;;;;;;;/h2*3-5H,1-2H3;3-6H,1-2H3;2*3-5H,1-2H3;4*3-6H,1-2H3;3-7H,1-2H3;9*1H4. The molecule has 690 valence electrons. The zero-order valence-electron chi connectivity index (χ0n) is 66.6. The number of hydrogen-bond donors (Lipinski definition) is 0. The van der Waals surface area contributed by atoms with E-state index in [4.69, 9.17) is 34.8 Å². The first kappa shape index (κ1) is 133. The third-order valence-electron chi connectivity index (χ3n) is 16.2. The molecule has 0 saturated carbocycles. The summed E-state index contributed by atoms with van der Waals surface area (Å²) in [6.45, 7) is 37.8. The molecule has 0 spiro atoms. The van der Waals surface area contributed by atoms with E-state index >= 15 is 0 Å². The Morgan fingerprint density at radius 2 is 0.541 bits per heavy atom. The lowest BCUT2D eigenvalue weighted by Crippen LogP contribution is -1.98. The molecule has 0 atom stereocenters. The Morgan fingerprint density at radius 3 is 0.893 bits per heavy atom. The topological polar surface area (TPSA) is 0 Å². The Labute approximate surface area is 764 Å². The lowest BCUT2D eigenvalue weighted by atomic mass is 10.0. The molecule has 122 heavy (non-hydrogen) atoms. The molecule has 0 saturated heterocycles. The van der Waals surface area contributed by atoms with E-state index in [2.05, 4.69) is 50.3 Å². The number of hydrogen-bond acceptors (Lipinski definition) is 0. The minimum Gasteiger partial charge on any atom is -0.207 e. The predicted octanol–water partition coefficient (Wildman–Crippen LogP) is 39.5. The summed E-state index contributed by atoms with van der Waals surface area (Å²) in [6.07, 6.45) is 0. The van der Waals surface area contributed by atoms with Gasteiger partial charge in [-0.15, -0.1) is 0 Å². The minimum atomic E-state index is -0.880. The van der Waals surface area contributed by atoms with E-state index < -0.39 is 97.3 Å². The van der Waals surface area contributed by atoms with Crippen LogP contribution >= 0.6 is 80.0 Å². The molecule has 0 aliphatic rings. The maximum Gasteiger partial charge on any atom is 0.162 e. The van der Waals surface area contributed by atoms with Gasteiger partial charge in [0.25, 0.3) is 0 Å². The maximum absolute atomic E-state index is 13.3. The Balaban J connectivity index is -0.000000165. The van der Waals surface area contributed by atoms with Crippen LogP contribution in [0.1, 0.15) is 320 Å². The van der Waals surface area contributed by atoms with E-state index in [1.807, 2.05) is 115 Å². The molecular weight excluding hydrogens is 1890 g/mol. The van der Waals surface area contributed by atoms with E-state index in [1.54, 1.807) is 72.8 Å². The highest BCUT2D eigenvalue weighted by molar-refractivity contribution is 14.1. The van der Waals surface area contributed by atoms with Crippen LogP contribution in [0.3, 0.4) is 0 Å². The third kappa shape index (κ3) is 46.0. The molecule has 0 nitrogen and oxygen atoms in total. The van der Waals surface area contributed by atoms with Crippen LogP contribution < -0.4 is 0 Å². The van der Waals surface area contributed by atoms with Crippen LogP contribution in [0.15, 0.2) is 164 Å². The Hall–Kier alpha value is -6.73. The van der Waals surface area contributed by atoms with Gasteiger partial charge >= 0.3 is 0 Å². The van der Waals surface area contributed by atoms with Crippen LogP contribution in [0.4, 0.5) is 79.0 Å². The molecule has 10 rings (SSSR count). The van der Waals surface area contributed by atoms with Gasteiger partial charge in [0.05, 0.1) is 8.59 Å². The summed E-state index contributed by atoms with van der Waals surface area (Å²) in [5, 5.41) is -0.626. The third-order valence-corrected chi connectivity index (χ3v) is 18.8. The van der Waals surface area contributed by atoms with Crippen molar-refractivity contribution in [2.75, 3.05) is 0 Å². The van der Waals surface area contributed by atoms with Gasteiger partial charge in [0.1, 0.15) is 91.5 Å². The molecule has 10 aromatic carbocycles. The molecule has 0 bridgehead atoms. The largest absolute Gasteiger partial charge is 0.207 e. The smallest absolute Gasteiger partial charge is 0.162 e. The van der Waals surface area contributed by atoms with Crippen LogP contribution in [-0.4, -0.2) is 0 Å². The fraction of sp³-hybridized carbons (Fsp3) is 0.394. The quantitative estimate of drug-likeness (QED) is 0.0727. The zero-order chi connectivity index (χ0) is 86.9. The van der Waals surface area contributed by atoms with Gasteiger partial charge in [-0.3, -0.25) is 0 Å². The fourth-order valence-corrected chi connectivity index (χ4v) is 11.3. The van der Waals surface area contributed by atoms with Gasteiger partial charge in [0.2, 0.25) is 0 Å². The molecule has 0 radical (unpaired) electrons. The monoisotopic (exact) mass is 2020 g/mol. The predicted molar refractivity (Wildman–Crippen MR) is 506 cm³/mol. The van der Waals surface area contributed by atoms with Gasteiger partial charge in [-0.25, -0.2) is 79.0 Å². The average molecular weight is 2030 g/mol. The lowest BCUT2D eigenvalue weighted by Gasteiger charge is -2.07. The molecule has 0 aliphatic carbocycles. The summed E-state index contributed by atoms with van der Waals surface area (Å²) in [4.78, 5) is 0. The molecule has 0 N–H and O–H groups in total. The van der Waals surface area contributed by atoms with Crippen molar-refractivity contribution < 1.29 is 79.0 Å². The average Bonchev–Trinajstić information content (AvgIpc) is 0.839. The summed E-state index contributed by atoms with van der Waals surface area (Å²) in [5.41, 5.74) is 6.15. The van der Waals surface area contributed by atoms with E-state index in [1.165, 1.54) is 84.4 Å². The number of halogens is 23. The summed E-state index contributed by atoms with van der Waals surface area (Å²) in [5.74, 6) is -9.43. The molecular formula is C99H133Cl3F18I2. The van der Waals surface area contributed by atoms with Crippen molar-refractivity contribution in [2.24, 2.45) is 0 Å². The van der Waals surface area contributed by atoms with Crippen LogP contribution in [0.25, 0.3) is 0 Å². The van der Waals surface area contributed by atoms with Crippen molar-refractivity contribution in [3.05, 3.63) is 346 Å². The van der Waals surface area contributed by atoms with Crippen LogP contribution in [-0.2, 0) is 0 Å². The van der Waals surface area contributed by atoms with Crippen LogP contribution in [0.5, 0.6) is 0 Å². The van der Waals surface area contributed by atoms with Crippen LogP contribution in [0.2, 0.25) is 15.1 Å². The molecule has 0 amide bonds. The summed E-state index contributed by atoms with van der Waals surface area (Å²) in [7, 11) is 0. The summed E-state index contributed by atoms with van der Waals surface area (Å²) >= 11 is 20.1. The number of rotatable bonds is 10. The lowest BCUT2D eigenvalue weighted by molar-refractivity contribution is 0.494. The Kier molecular flexibility index (Phi) is 71.9. The second-order valence-electron chi connectivity index (χ2n) is 28.5. The van der Waals surface area contributed by atoms with E-state index in [-0.39, 0.29) is 146 Å². The first-order valence-electron chi connectivity index (χ1n) is 35.9. The second-order valence-corrected chi connectivity index (χ2v) is 32.0. The van der Waals surface area contributed by atoms with Crippen LogP contribution in [0, 0.1) is 112 Å². The zero-order valence-corrected chi connectivity index (χ0v) is 73.1. The SMILES string of the molecule is C.C.C.C.C.C.C.C.C.CC(C)c1c(F)cc(F)cc1F.CC(C)c1cc(F)cc(I)c1.CC(C)c1ccc(F)c(Cl)c1F.CC(C)c1ccc(F)c(Cl)c1F.CC(C)c1ccc(F)c(F)c1.CC(C)c1ccc(F)c(I)c1F.CC(C)c1ccc(F)cc1.CC(C)c1ccc(F)cc1F.CC(C)c1cccc(Cl)c1F.CC(C)c1cccc(F)c1F. The molecule has 0 fully saturated rings. The highest BCUT2D eigenvalue weighted by atomic mass is 127. The van der Waals surface area contributed by atoms with E-state index in [0.717, 1.165) is 32.9 Å². The van der Waals surface area contributed by atoms with Gasteiger partial charge in [-0.2, -0.15) is 0 Å². The van der Waals surface area contributed by atoms with E-state index in [9.17, 15) is 79.0 Å². The summed E-state index contributed by atoms with van der Waals surface area (Å²) < 4.78 is 231. The van der Waals surface area contributed by atoms with Gasteiger partial charge in [-0.05, 0) is 233 Å². The highest BCUT2D eigenvalue weighted by Gasteiger charge is 2.19. The van der Waals surface area contributed by atoms with Crippen molar-refractivity contribution in [1.82, 2.24) is 0 Å². The molecule has 10 aromatic rings. The van der Waals surface area contributed by atoms with Gasteiger partial charge in [0, 0.05) is 27.3 Å². The normalized spacial score (nSPS) is 9.91. The first-order chi connectivity index (χ1) is 52.4. The van der Waals surface area contributed by atoms with Crippen molar-refractivity contribution in [3.63, 3.8) is 0 Å². The van der Waals surface area contributed by atoms with Crippen molar-refractivity contribution in [3.8, 4) is 0 Å². The first-order valence-corrected chi connectivity index (χ1v) is 39.2. The van der Waals surface area contributed by atoms with Gasteiger partial charge in [-0.1, -0.05) is 307 Å². The minimum absolute atomic E-state index is 0. The Bertz CT molecular complexity index is 4320. The Morgan fingerprint density at radius 1 is 0.213 bits per heavy atom. The second kappa shape index (κ2) is 65.8. The number of benzene rings is 10. The summed E-state index contributed by atoms with van der Waals surface area (Å²) in [6, 6.07) is 38.1. The van der Waals surface area contributed by atoms with Gasteiger partial charge < -0.3 is 0 Å². The molecule has 0 unspecified atom stereocenters. The molecule has 0 heterocycles. The van der Waals surface area contributed by atoms with Gasteiger partial charge in [0.15, 0.2) is 23.3 Å². The molecule has 23 heteroatoms. The van der Waals surface area contributed by atoms with Crippen molar-refractivity contribution in [1.29, 1.82) is 0 Å². The highest BCUT2D eigenvalue weighted by Crippen LogP contribution is 2.31. The van der Waals surface area contributed by atoms with Crippen molar-refractivity contribution in [2.45, 2.75) is 264 Å². The van der Waals surface area contributed by atoms with E-state index in [0.29, 0.717) is 57.3 Å². The maximum atomic E-state index is 13.3. The molecule has 0 aliphatic heterocycles. The van der Waals surface area contributed by atoms with Crippen molar-refractivity contribution >= 4 is 80.0 Å². The molecule has 0 aromatic heterocycles.